The molecule has 1 saturated heterocycles. The first-order valence-electron chi connectivity index (χ1n) is 5.28. The van der Waals surface area contributed by atoms with Crippen LogP contribution in [0.3, 0.4) is 0 Å². The molecule has 1 aromatic rings. The monoisotopic (exact) mass is 253 g/mol. The molecule has 1 atom stereocenters. The first kappa shape index (κ1) is 12.0. The molecule has 5 nitrogen and oxygen atoms in total. The van der Waals surface area contributed by atoms with Gasteiger partial charge in [0, 0.05) is 19.2 Å². The molecule has 0 spiro atoms. The standard InChI is InChI=1S/C11H12ClN3O2/c1-6-9(7(2)16)4-13-11(14-6)15-5-8(12)3-10(15)17/h4,8H,3,5H2,1-2H3. The summed E-state index contributed by atoms with van der Waals surface area (Å²) in [6.45, 7) is 3.60. The Bertz CT molecular complexity index is 490. The normalized spacial score (nSPS) is 19.8. The summed E-state index contributed by atoms with van der Waals surface area (Å²) in [4.78, 5) is 32.5. The van der Waals surface area contributed by atoms with Gasteiger partial charge in [-0.3, -0.25) is 14.5 Å². The van der Waals surface area contributed by atoms with Gasteiger partial charge in [-0.25, -0.2) is 9.97 Å². The van der Waals surface area contributed by atoms with Gasteiger partial charge in [0.1, 0.15) is 0 Å². The molecule has 0 N–H and O–H groups in total. The lowest BCUT2D eigenvalue weighted by Crippen LogP contribution is -2.27. The molecule has 1 aliphatic rings. The Morgan fingerprint density at radius 1 is 1.59 bits per heavy atom. The van der Waals surface area contributed by atoms with Gasteiger partial charge in [-0.1, -0.05) is 0 Å². The number of hydrogen-bond donors (Lipinski definition) is 0. The Balaban J connectivity index is 2.32. The van der Waals surface area contributed by atoms with E-state index in [-0.39, 0.29) is 17.1 Å². The number of carbonyl (C=O) groups excluding carboxylic acids is 2. The van der Waals surface area contributed by atoms with Crippen molar-refractivity contribution in [2.45, 2.75) is 25.6 Å². The molecule has 1 fully saturated rings. The van der Waals surface area contributed by atoms with Gasteiger partial charge in [-0.05, 0) is 13.8 Å². The highest BCUT2D eigenvalue weighted by molar-refractivity contribution is 6.24. The second-order valence-electron chi connectivity index (χ2n) is 4.03. The first-order chi connectivity index (χ1) is 7.99. The van der Waals surface area contributed by atoms with Crippen molar-refractivity contribution < 1.29 is 9.59 Å². The molecule has 0 aromatic carbocycles. The van der Waals surface area contributed by atoms with Gasteiger partial charge in [0.05, 0.1) is 16.6 Å². The van der Waals surface area contributed by atoms with Crippen molar-refractivity contribution in [3.8, 4) is 0 Å². The fourth-order valence-corrected chi connectivity index (χ4v) is 2.06. The molecule has 1 unspecified atom stereocenters. The van der Waals surface area contributed by atoms with Crippen LogP contribution in [0, 0.1) is 6.92 Å². The second kappa shape index (κ2) is 4.41. The van der Waals surface area contributed by atoms with E-state index in [4.69, 9.17) is 11.6 Å². The predicted octanol–water partition coefficient (Wildman–Crippen LogP) is 1.33. The molecule has 0 bridgehead atoms. The van der Waals surface area contributed by atoms with Crippen LogP contribution >= 0.6 is 11.6 Å². The Kier molecular flexibility index (Phi) is 3.11. The fourth-order valence-electron chi connectivity index (χ4n) is 1.79. The Morgan fingerprint density at radius 3 is 2.76 bits per heavy atom. The smallest absolute Gasteiger partial charge is 0.232 e. The summed E-state index contributed by atoms with van der Waals surface area (Å²) in [5, 5.41) is -0.195. The third kappa shape index (κ3) is 2.29. The van der Waals surface area contributed by atoms with E-state index in [0.717, 1.165) is 0 Å². The second-order valence-corrected chi connectivity index (χ2v) is 4.65. The molecule has 17 heavy (non-hydrogen) atoms. The van der Waals surface area contributed by atoms with Crippen molar-refractivity contribution in [2.24, 2.45) is 0 Å². The van der Waals surface area contributed by atoms with Gasteiger partial charge < -0.3 is 0 Å². The van der Waals surface area contributed by atoms with Gasteiger partial charge >= 0.3 is 0 Å². The number of rotatable bonds is 2. The van der Waals surface area contributed by atoms with E-state index in [0.29, 0.717) is 30.2 Å². The highest BCUT2D eigenvalue weighted by Gasteiger charge is 2.31. The highest BCUT2D eigenvalue weighted by atomic mass is 35.5. The summed E-state index contributed by atoms with van der Waals surface area (Å²) in [5.41, 5.74) is 1.05. The van der Waals surface area contributed by atoms with Crippen LogP contribution in [-0.4, -0.2) is 33.6 Å². The number of hydrogen-bond acceptors (Lipinski definition) is 4. The van der Waals surface area contributed by atoms with Crippen LogP contribution in [0.2, 0.25) is 0 Å². The maximum absolute atomic E-state index is 11.6. The zero-order chi connectivity index (χ0) is 12.6. The quantitative estimate of drug-likeness (QED) is 0.589. The number of nitrogens with zero attached hydrogens (tertiary/aromatic N) is 3. The first-order valence-corrected chi connectivity index (χ1v) is 5.71. The minimum Gasteiger partial charge on any atom is -0.294 e. The molecule has 0 saturated carbocycles. The van der Waals surface area contributed by atoms with E-state index in [2.05, 4.69) is 9.97 Å². The van der Waals surface area contributed by atoms with Crippen LogP contribution in [-0.2, 0) is 4.79 Å². The molecule has 90 valence electrons. The molecular formula is C11H12ClN3O2. The largest absolute Gasteiger partial charge is 0.294 e. The molecule has 2 rings (SSSR count). The molecule has 2 heterocycles. The molecule has 0 aliphatic carbocycles. The number of Topliss-reactive ketones (excluding diaryl/α,β-unsaturated/α-hetero) is 1. The summed E-state index contributed by atoms with van der Waals surface area (Å²) < 4.78 is 0. The number of alkyl halides is 1. The Labute approximate surface area is 104 Å². The summed E-state index contributed by atoms with van der Waals surface area (Å²) >= 11 is 5.90. The fraction of sp³-hybridized carbons (Fsp3) is 0.455. The van der Waals surface area contributed by atoms with Crippen LogP contribution in [0.1, 0.15) is 29.4 Å². The summed E-state index contributed by atoms with van der Waals surface area (Å²) in [6.07, 6.45) is 1.76. The average Bonchev–Trinajstić information content (AvgIpc) is 2.57. The van der Waals surface area contributed by atoms with Crippen LogP contribution in [0.15, 0.2) is 6.20 Å². The lowest BCUT2D eigenvalue weighted by molar-refractivity contribution is -0.117. The van der Waals surface area contributed by atoms with Crippen LogP contribution in [0.5, 0.6) is 0 Å². The van der Waals surface area contributed by atoms with Crippen LogP contribution in [0.4, 0.5) is 5.95 Å². The number of aromatic nitrogens is 2. The molecular weight excluding hydrogens is 242 g/mol. The van der Waals surface area contributed by atoms with Gasteiger partial charge in [-0.15, -0.1) is 11.6 Å². The van der Waals surface area contributed by atoms with Gasteiger partial charge in [0.15, 0.2) is 5.78 Å². The number of carbonyl (C=O) groups is 2. The van der Waals surface area contributed by atoms with E-state index in [1.807, 2.05) is 0 Å². The van der Waals surface area contributed by atoms with Gasteiger partial charge in [0.25, 0.3) is 0 Å². The molecule has 1 aromatic heterocycles. The van der Waals surface area contributed by atoms with Crippen molar-refractivity contribution in [2.75, 3.05) is 11.4 Å². The Hall–Kier alpha value is -1.49. The van der Waals surface area contributed by atoms with Crippen molar-refractivity contribution in [3.63, 3.8) is 0 Å². The van der Waals surface area contributed by atoms with Crippen molar-refractivity contribution in [1.29, 1.82) is 0 Å². The SMILES string of the molecule is CC(=O)c1cnc(N2CC(Cl)CC2=O)nc1C. The minimum atomic E-state index is -0.195. The molecule has 1 amide bonds. The van der Waals surface area contributed by atoms with Crippen LogP contribution < -0.4 is 4.90 Å². The lowest BCUT2D eigenvalue weighted by atomic mass is 10.2. The van der Waals surface area contributed by atoms with Crippen LogP contribution in [0.25, 0.3) is 0 Å². The number of amides is 1. The number of halogens is 1. The topological polar surface area (TPSA) is 63.2 Å². The molecule has 6 heteroatoms. The van der Waals surface area contributed by atoms with Crippen molar-refractivity contribution in [1.82, 2.24) is 9.97 Å². The summed E-state index contributed by atoms with van der Waals surface area (Å²) in [5.74, 6) is 0.151. The number of anilines is 1. The predicted molar refractivity (Wildman–Crippen MR) is 63.4 cm³/mol. The third-order valence-electron chi connectivity index (χ3n) is 2.67. The van der Waals surface area contributed by atoms with E-state index < -0.39 is 0 Å². The minimum absolute atomic E-state index is 0.0834. The zero-order valence-corrected chi connectivity index (χ0v) is 10.4. The van der Waals surface area contributed by atoms with Crippen molar-refractivity contribution >= 4 is 29.2 Å². The van der Waals surface area contributed by atoms with E-state index in [1.165, 1.54) is 18.0 Å². The maximum Gasteiger partial charge on any atom is 0.232 e. The lowest BCUT2D eigenvalue weighted by Gasteiger charge is -2.14. The average molecular weight is 254 g/mol. The van der Waals surface area contributed by atoms with E-state index in [9.17, 15) is 9.59 Å². The third-order valence-corrected chi connectivity index (χ3v) is 2.96. The van der Waals surface area contributed by atoms with E-state index in [1.54, 1.807) is 6.92 Å². The highest BCUT2D eigenvalue weighted by Crippen LogP contribution is 2.21. The maximum atomic E-state index is 11.6. The van der Waals surface area contributed by atoms with Gasteiger partial charge in [-0.2, -0.15) is 0 Å². The molecule has 1 aliphatic heterocycles. The summed E-state index contributed by atoms with van der Waals surface area (Å²) in [6, 6.07) is 0. The van der Waals surface area contributed by atoms with Crippen molar-refractivity contribution in [3.05, 3.63) is 17.5 Å². The van der Waals surface area contributed by atoms with Gasteiger partial charge in [0.2, 0.25) is 11.9 Å². The Morgan fingerprint density at radius 2 is 2.29 bits per heavy atom. The van der Waals surface area contributed by atoms with E-state index >= 15 is 0 Å². The zero-order valence-electron chi connectivity index (χ0n) is 9.61. The number of aryl methyl sites for hydroxylation is 1. The number of ketones is 1. The summed E-state index contributed by atoms with van der Waals surface area (Å²) in [7, 11) is 0. The molecule has 0 radical (unpaired) electrons.